The standard InChI is InChI=1S/C16H15N3OS/c1-10-5-3-4-6-12(10)16(20)17-15-9-13(18-19-15)14-8-7-11(2)21-14/h3-9H,1-2H3,(H2,17,18,19,20). The molecule has 0 aliphatic carbocycles. The highest BCUT2D eigenvalue weighted by molar-refractivity contribution is 7.15. The number of carbonyl (C=O) groups excluding carboxylic acids is 1. The first kappa shape index (κ1) is 13.6. The van der Waals surface area contributed by atoms with Crippen LogP contribution in [0.15, 0.2) is 42.5 Å². The molecule has 2 N–H and O–H groups in total. The van der Waals surface area contributed by atoms with Gasteiger partial charge in [0.1, 0.15) is 0 Å². The first-order chi connectivity index (χ1) is 10.1. The van der Waals surface area contributed by atoms with Gasteiger partial charge in [0, 0.05) is 16.5 Å². The summed E-state index contributed by atoms with van der Waals surface area (Å²) >= 11 is 1.69. The van der Waals surface area contributed by atoms with Gasteiger partial charge in [-0.3, -0.25) is 9.89 Å². The molecule has 106 valence electrons. The highest BCUT2D eigenvalue weighted by Crippen LogP contribution is 2.27. The van der Waals surface area contributed by atoms with Gasteiger partial charge in [0.2, 0.25) is 0 Å². The van der Waals surface area contributed by atoms with E-state index in [1.54, 1.807) is 17.4 Å². The highest BCUT2D eigenvalue weighted by Gasteiger charge is 2.11. The van der Waals surface area contributed by atoms with Gasteiger partial charge in [-0.2, -0.15) is 5.10 Å². The molecule has 3 rings (SSSR count). The Morgan fingerprint density at radius 3 is 2.71 bits per heavy atom. The summed E-state index contributed by atoms with van der Waals surface area (Å²) in [5, 5.41) is 9.92. The van der Waals surface area contributed by atoms with Crippen LogP contribution in [-0.2, 0) is 0 Å². The fourth-order valence-electron chi connectivity index (χ4n) is 2.10. The van der Waals surface area contributed by atoms with E-state index in [4.69, 9.17) is 0 Å². The van der Waals surface area contributed by atoms with Crippen LogP contribution in [0.25, 0.3) is 10.6 Å². The van der Waals surface area contributed by atoms with E-state index >= 15 is 0 Å². The largest absolute Gasteiger partial charge is 0.305 e. The van der Waals surface area contributed by atoms with Crippen LogP contribution in [0.4, 0.5) is 5.82 Å². The zero-order chi connectivity index (χ0) is 14.8. The van der Waals surface area contributed by atoms with Crippen LogP contribution < -0.4 is 5.32 Å². The van der Waals surface area contributed by atoms with E-state index in [-0.39, 0.29) is 5.91 Å². The summed E-state index contributed by atoms with van der Waals surface area (Å²) in [5.74, 6) is 0.387. The number of hydrogen-bond acceptors (Lipinski definition) is 3. The summed E-state index contributed by atoms with van der Waals surface area (Å²) in [4.78, 5) is 14.6. The average Bonchev–Trinajstić information content (AvgIpc) is 3.08. The minimum atomic E-state index is -0.145. The Morgan fingerprint density at radius 2 is 2.00 bits per heavy atom. The lowest BCUT2D eigenvalue weighted by molar-refractivity contribution is 0.102. The molecule has 0 bridgehead atoms. The van der Waals surface area contributed by atoms with Gasteiger partial charge in [-0.1, -0.05) is 18.2 Å². The van der Waals surface area contributed by atoms with Crippen molar-refractivity contribution in [2.24, 2.45) is 0 Å². The molecule has 0 fully saturated rings. The van der Waals surface area contributed by atoms with E-state index < -0.39 is 0 Å². The molecule has 1 aromatic carbocycles. The lowest BCUT2D eigenvalue weighted by Crippen LogP contribution is -2.13. The molecular weight excluding hydrogens is 282 g/mol. The summed E-state index contributed by atoms with van der Waals surface area (Å²) in [6.45, 7) is 3.98. The Bertz CT molecular complexity index is 788. The number of nitrogens with zero attached hydrogens (tertiary/aromatic N) is 1. The number of thiophene rings is 1. The average molecular weight is 297 g/mol. The zero-order valence-electron chi connectivity index (χ0n) is 11.8. The third-order valence-corrected chi connectivity index (χ3v) is 4.25. The normalized spacial score (nSPS) is 10.6. The van der Waals surface area contributed by atoms with Gasteiger partial charge >= 0.3 is 0 Å². The number of aryl methyl sites for hydroxylation is 2. The summed E-state index contributed by atoms with van der Waals surface area (Å²) in [7, 11) is 0. The van der Waals surface area contributed by atoms with E-state index in [0.717, 1.165) is 16.1 Å². The summed E-state index contributed by atoms with van der Waals surface area (Å²) in [6.07, 6.45) is 0. The van der Waals surface area contributed by atoms with Crippen LogP contribution >= 0.6 is 11.3 Å². The fraction of sp³-hybridized carbons (Fsp3) is 0.125. The monoisotopic (exact) mass is 297 g/mol. The van der Waals surface area contributed by atoms with Crippen molar-refractivity contribution in [3.63, 3.8) is 0 Å². The molecular formula is C16H15N3OS. The first-order valence-electron chi connectivity index (χ1n) is 6.62. The van der Waals surface area contributed by atoms with Crippen molar-refractivity contribution in [1.82, 2.24) is 10.2 Å². The summed E-state index contributed by atoms with van der Waals surface area (Å²) in [5.41, 5.74) is 2.52. The minimum Gasteiger partial charge on any atom is -0.305 e. The SMILES string of the molecule is Cc1ccc(-c2cc(NC(=O)c3ccccc3C)n[nH]2)s1. The maximum atomic E-state index is 12.2. The highest BCUT2D eigenvalue weighted by atomic mass is 32.1. The van der Waals surface area contributed by atoms with Gasteiger partial charge in [0.05, 0.1) is 10.6 Å². The number of aromatic amines is 1. The molecule has 0 atom stereocenters. The predicted molar refractivity (Wildman–Crippen MR) is 85.8 cm³/mol. The molecule has 3 aromatic rings. The Labute approximate surface area is 126 Å². The molecule has 5 heteroatoms. The van der Waals surface area contributed by atoms with Crippen molar-refractivity contribution in [3.8, 4) is 10.6 Å². The Kier molecular flexibility index (Phi) is 3.58. The molecule has 0 saturated carbocycles. The van der Waals surface area contributed by atoms with Crippen LogP contribution in [0, 0.1) is 13.8 Å². The third kappa shape index (κ3) is 2.87. The minimum absolute atomic E-state index is 0.145. The smallest absolute Gasteiger partial charge is 0.257 e. The topological polar surface area (TPSA) is 57.8 Å². The first-order valence-corrected chi connectivity index (χ1v) is 7.44. The predicted octanol–water partition coefficient (Wildman–Crippen LogP) is 4.01. The second-order valence-electron chi connectivity index (χ2n) is 4.85. The molecule has 0 unspecified atom stereocenters. The number of carbonyl (C=O) groups is 1. The molecule has 4 nitrogen and oxygen atoms in total. The van der Waals surface area contributed by atoms with Gasteiger partial charge in [-0.25, -0.2) is 0 Å². The van der Waals surface area contributed by atoms with E-state index in [1.165, 1.54) is 4.88 Å². The molecule has 2 aromatic heterocycles. The quantitative estimate of drug-likeness (QED) is 0.767. The number of rotatable bonds is 3. The number of anilines is 1. The van der Waals surface area contributed by atoms with E-state index in [9.17, 15) is 4.79 Å². The van der Waals surface area contributed by atoms with Gasteiger partial charge in [0.25, 0.3) is 5.91 Å². The Morgan fingerprint density at radius 1 is 1.19 bits per heavy atom. The number of aromatic nitrogens is 2. The lowest BCUT2D eigenvalue weighted by Gasteiger charge is -2.04. The second-order valence-corrected chi connectivity index (χ2v) is 6.13. The number of H-pyrrole nitrogens is 1. The Hall–Kier alpha value is -2.40. The number of hydrogen-bond donors (Lipinski definition) is 2. The van der Waals surface area contributed by atoms with Crippen LogP contribution in [0.2, 0.25) is 0 Å². The van der Waals surface area contributed by atoms with Gasteiger partial charge in [-0.05, 0) is 37.6 Å². The number of amides is 1. The van der Waals surface area contributed by atoms with Crippen molar-refractivity contribution < 1.29 is 4.79 Å². The number of benzene rings is 1. The Balaban J connectivity index is 1.79. The van der Waals surface area contributed by atoms with Gasteiger partial charge < -0.3 is 5.32 Å². The van der Waals surface area contributed by atoms with Crippen molar-refractivity contribution in [3.05, 3.63) is 58.5 Å². The summed E-state index contributed by atoms with van der Waals surface area (Å²) in [6, 6.07) is 13.4. The van der Waals surface area contributed by atoms with Crippen LogP contribution in [0.1, 0.15) is 20.8 Å². The van der Waals surface area contributed by atoms with Crippen molar-refractivity contribution in [2.45, 2.75) is 13.8 Å². The molecule has 0 saturated heterocycles. The molecule has 21 heavy (non-hydrogen) atoms. The molecule has 0 aliphatic rings. The fourth-order valence-corrected chi connectivity index (χ4v) is 2.94. The maximum absolute atomic E-state index is 12.2. The summed E-state index contributed by atoms with van der Waals surface area (Å²) < 4.78 is 0. The molecule has 0 spiro atoms. The second kappa shape index (κ2) is 5.54. The van der Waals surface area contributed by atoms with Crippen LogP contribution in [0.3, 0.4) is 0 Å². The van der Waals surface area contributed by atoms with Crippen molar-refractivity contribution >= 4 is 23.1 Å². The zero-order valence-corrected chi connectivity index (χ0v) is 12.6. The molecule has 0 radical (unpaired) electrons. The van der Waals surface area contributed by atoms with Gasteiger partial charge in [-0.15, -0.1) is 11.3 Å². The molecule has 0 aliphatic heterocycles. The molecule has 1 amide bonds. The van der Waals surface area contributed by atoms with Crippen molar-refractivity contribution in [1.29, 1.82) is 0 Å². The van der Waals surface area contributed by atoms with Crippen molar-refractivity contribution in [2.75, 3.05) is 5.32 Å². The van der Waals surface area contributed by atoms with E-state index in [1.807, 2.05) is 37.3 Å². The van der Waals surface area contributed by atoms with Gasteiger partial charge in [0.15, 0.2) is 5.82 Å². The van der Waals surface area contributed by atoms with E-state index in [2.05, 4.69) is 28.5 Å². The van der Waals surface area contributed by atoms with Crippen LogP contribution in [0.5, 0.6) is 0 Å². The third-order valence-electron chi connectivity index (χ3n) is 3.21. The molecule has 2 heterocycles. The maximum Gasteiger partial charge on any atom is 0.257 e. The lowest BCUT2D eigenvalue weighted by atomic mass is 10.1. The van der Waals surface area contributed by atoms with E-state index in [0.29, 0.717) is 11.4 Å². The van der Waals surface area contributed by atoms with Crippen LogP contribution in [-0.4, -0.2) is 16.1 Å². The number of nitrogens with one attached hydrogen (secondary N) is 2.